The third-order valence-corrected chi connectivity index (χ3v) is 3.01. The fraction of sp³-hybridized carbons (Fsp3) is 0.333. The van der Waals surface area contributed by atoms with Crippen LogP contribution in [0.1, 0.15) is 35.4 Å². The van der Waals surface area contributed by atoms with Gasteiger partial charge < -0.3 is 4.98 Å². The predicted octanol–water partition coefficient (Wildman–Crippen LogP) is 1.64. The number of rotatable bonds is 3. The van der Waals surface area contributed by atoms with Gasteiger partial charge in [-0.3, -0.25) is 10.1 Å². The first kappa shape index (κ1) is 10.7. The quantitative estimate of drug-likeness (QED) is 0.850. The Morgan fingerprint density at radius 2 is 2.31 bits per heavy atom. The number of aromatic nitrogens is 4. The zero-order valence-electron chi connectivity index (χ0n) is 8.89. The molecule has 0 fully saturated rings. The molecule has 0 aliphatic heterocycles. The van der Waals surface area contributed by atoms with E-state index >= 15 is 0 Å². The number of carbonyl (C=O) groups is 1. The van der Waals surface area contributed by atoms with Gasteiger partial charge in [0.15, 0.2) is 5.82 Å². The van der Waals surface area contributed by atoms with Gasteiger partial charge in [0.25, 0.3) is 5.91 Å². The van der Waals surface area contributed by atoms with Crippen LogP contribution < -0.4 is 5.32 Å². The Labute approximate surface area is 96.1 Å². The van der Waals surface area contributed by atoms with Crippen LogP contribution in [0.4, 0.5) is 5.13 Å². The summed E-state index contributed by atoms with van der Waals surface area (Å²) >= 11 is 1.37. The molecule has 0 saturated carbocycles. The molecule has 2 aromatic heterocycles. The Bertz CT molecular complexity index is 476. The maximum absolute atomic E-state index is 11.6. The summed E-state index contributed by atoms with van der Waals surface area (Å²) in [5.41, 5.74) is 0. The Morgan fingerprint density at radius 3 is 2.88 bits per heavy atom. The second-order valence-electron chi connectivity index (χ2n) is 3.49. The number of nitrogens with one attached hydrogen (secondary N) is 2. The summed E-state index contributed by atoms with van der Waals surface area (Å²) in [5, 5.41) is 11.9. The number of H-pyrrole nitrogens is 1. The van der Waals surface area contributed by atoms with E-state index in [1.807, 2.05) is 13.8 Å². The first-order chi connectivity index (χ1) is 7.66. The van der Waals surface area contributed by atoms with Crippen molar-refractivity contribution in [1.82, 2.24) is 20.2 Å². The molecular formula is C9H11N5OS. The second kappa shape index (κ2) is 4.40. The van der Waals surface area contributed by atoms with Crippen LogP contribution in [0.25, 0.3) is 0 Å². The van der Waals surface area contributed by atoms with Crippen LogP contribution in [-0.4, -0.2) is 26.1 Å². The lowest BCUT2D eigenvalue weighted by molar-refractivity contribution is 0.101. The highest BCUT2D eigenvalue weighted by Gasteiger charge is 2.12. The van der Waals surface area contributed by atoms with E-state index < -0.39 is 0 Å². The molecule has 0 saturated heterocycles. The predicted molar refractivity (Wildman–Crippen MR) is 60.5 cm³/mol. The summed E-state index contributed by atoms with van der Waals surface area (Å²) in [6.45, 7) is 4.05. The number of hydrogen-bond donors (Lipinski definition) is 2. The Balaban J connectivity index is 2.07. The average molecular weight is 237 g/mol. The molecular weight excluding hydrogens is 226 g/mol. The van der Waals surface area contributed by atoms with Crippen molar-refractivity contribution in [2.45, 2.75) is 19.8 Å². The summed E-state index contributed by atoms with van der Waals surface area (Å²) in [6, 6.07) is 0. The van der Waals surface area contributed by atoms with Gasteiger partial charge in [0.05, 0.1) is 0 Å². The number of amides is 1. The van der Waals surface area contributed by atoms with Crippen molar-refractivity contribution in [3.8, 4) is 0 Å². The second-order valence-corrected chi connectivity index (χ2v) is 4.50. The van der Waals surface area contributed by atoms with Crippen LogP contribution in [0, 0.1) is 0 Å². The Kier molecular flexibility index (Phi) is 2.95. The molecule has 7 heteroatoms. The number of anilines is 1. The molecule has 16 heavy (non-hydrogen) atoms. The fourth-order valence-electron chi connectivity index (χ4n) is 1.06. The van der Waals surface area contributed by atoms with Crippen molar-refractivity contribution >= 4 is 22.4 Å². The normalized spacial score (nSPS) is 10.7. The number of carbonyl (C=O) groups excluding carboxylic acids is 1. The van der Waals surface area contributed by atoms with Crippen LogP contribution >= 0.6 is 11.3 Å². The van der Waals surface area contributed by atoms with E-state index in [9.17, 15) is 4.79 Å². The van der Waals surface area contributed by atoms with Crippen molar-refractivity contribution in [1.29, 1.82) is 0 Å². The number of imidazole rings is 1. The third kappa shape index (κ3) is 2.25. The molecule has 2 N–H and O–H groups in total. The van der Waals surface area contributed by atoms with E-state index in [1.54, 1.807) is 6.20 Å². The van der Waals surface area contributed by atoms with Crippen LogP contribution in [-0.2, 0) is 0 Å². The van der Waals surface area contributed by atoms with Gasteiger partial charge in [-0.2, -0.15) is 0 Å². The van der Waals surface area contributed by atoms with E-state index in [4.69, 9.17) is 0 Å². The van der Waals surface area contributed by atoms with Crippen LogP contribution in [0.5, 0.6) is 0 Å². The van der Waals surface area contributed by atoms with Crippen molar-refractivity contribution in [3.05, 3.63) is 23.2 Å². The largest absolute Gasteiger partial charge is 0.341 e. The van der Waals surface area contributed by atoms with E-state index in [0.717, 1.165) is 5.01 Å². The molecule has 1 amide bonds. The molecule has 2 rings (SSSR count). The minimum atomic E-state index is -0.309. The number of aromatic amines is 1. The summed E-state index contributed by atoms with van der Waals surface area (Å²) in [7, 11) is 0. The van der Waals surface area contributed by atoms with Gasteiger partial charge >= 0.3 is 0 Å². The molecule has 0 aliphatic rings. The first-order valence-corrected chi connectivity index (χ1v) is 5.62. The number of nitrogens with zero attached hydrogens (tertiary/aromatic N) is 3. The van der Waals surface area contributed by atoms with Gasteiger partial charge in [0, 0.05) is 18.3 Å². The van der Waals surface area contributed by atoms with Gasteiger partial charge in [-0.1, -0.05) is 25.2 Å². The van der Waals surface area contributed by atoms with Gasteiger partial charge in [-0.15, -0.1) is 10.2 Å². The molecule has 0 aromatic carbocycles. The molecule has 0 spiro atoms. The smallest absolute Gasteiger partial charge is 0.293 e. The average Bonchev–Trinajstić information content (AvgIpc) is 2.87. The Morgan fingerprint density at radius 1 is 1.50 bits per heavy atom. The highest BCUT2D eigenvalue weighted by molar-refractivity contribution is 7.15. The van der Waals surface area contributed by atoms with Crippen molar-refractivity contribution < 1.29 is 4.79 Å². The molecule has 2 aromatic rings. The summed E-state index contributed by atoms with van der Waals surface area (Å²) in [5.74, 6) is 0.268. The molecule has 6 nitrogen and oxygen atoms in total. The van der Waals surface area contributed by atoms with Crippen LogP contribution in [0.2, 0.25) is 0 Å². The lowest BCUT2D eigenvalue weighted by atomic mass is 10.2. The molecule has 0 radical (unpaired) electrons. The highest BCUT2D eigenvalue weighted by atomic mass is 32.1. The molecule has 84 valence electrons. The fourth-order valence-corrected chi connectivity index (χ4v) is 1.81. The molecule has 0 bridgehead atoms. The minimum Gasteiger partial charge on any atom is -0.341 e. The lowest BCUT2D eigenvalue weighted by Crippen LogP contribution is -2.13. The van der Waals surface area contributed by atoms with Crippen LogP contribution in [0.3, 0.4) is 0 Å². The lowest BCUT2D eigenvalue weighted by Gasteiger charge is -1.96. The minimum absolute atomic E-state index is 0.265. The first-order valence-electron chi connectivity index (χ1n) is 4.81. The molecule has 2 heterocycles. The zero-order valence-corrected chi connectivity index (χ0v) is 9.71. The SMILES string of the molecule is CC(C)c1nnc(NC(=O)c2ncc[nH]2)s1. The molecule has 0 atom stereocenters. The maximum Gasteiger partial charge on any atom is 0.293 e. The van der Waals surface area contributed by atoms with E-state index in [0.29, 0.717) is 11.0 Å². The molecule has 0 aliphatic carbocycles. The summed E-state index contributed by atoms with van der Waals surface area (Å²) < 4.78 is 0. The van der Waals surface area contributed by atoms with Gasteiger partial charge in [0.1, 0.15) is 5.01 Å². The van der Waals surface area contributed by atoms with Crippen LogP contribution in [0.15, 0.2) is 12.4 Å². The van der Waals surface area contributed by atoms with Crippen molar-refractivity contribution in [2.24, 2.45) is 0 Å². The Hall–Kier alpha value is -1.76. The standard InChI is InChI=1S/C9H11N5OS/c1-5(2)8-13-14-9(16-8)12-7(15)6-10-3-4-11-6/h3-5H,1-2H3,(H,10,11)(H,12,14,15). The van der Waals surface area contributed by atoms with Gasteiger partial charge in [-0.25, -0.2) is 4.98 Å². The third-order valence-electron chi connectivity index (χ3n) is 1.87. The van der Waals surface area contributed by atoms with Crippen molar-refractivity contribution in [2.75, 3.05) is 5.32 Å². The maximum atomic E-state index is 11.6. The summed E-state index contributed by atoms with van der Waals surface area (Å²) in [4.78, 5) is 18.2. The van der Waals surface area contributed by atoms with Gasteiger partial charge in [-0.05, 0) is 0 Å². The monoisotopic (exact) mass is 237 g/mol. The van der Waals surface area contributed by atoms with E-state index in [1.165, 1.54) is 17.5 Å². The van der Waals surface area contributed by atoms with Gasteiger partial charge in [0.2, 0.25) is 5.13 Å². The summed E-state index contributed by atoms with van der Waals surface area (Å²) in [6.07, 6.45) is 3.11. The van der Waals surface area contributed by atoms with E-state index in [2.05, 4.69) is 25.5 Å². The topological polar surface area (TPSA) is 83.6 Å². The highest BCUT2D eigenvalue weighted by Crippen LogP contribution is 2.22. The van der Waals surface area contributed by atoms with Crippen molar-refractivity contribution in [3.63, 3.8) is 0 Å². The number of hydrogen-bond acceptors (Lipinski definition) is 5. The molecule has 0 unspecified atom stereocenters. The van der Waals surface area contributed by atoms with E-state index in [-0.39, 0.29) is 11.7 Å². The zero-order chi connectivity index (χ0) is 11.5.